The summed E-state index contributed by atoms with van der Waals surface area (Å²) in [4.78, 5) is 108. The van der Waals surface area contributed by atoms with E-state index in [1.807, 2.05) is 20.8 Å². The van der Waals surface area contributed by atoms with E-state index in [2.05, 4.69) is 47.3 Å². The van der Waals surface area contributed by atoms with Gasteiger partial charge in [-0.3, -0.25) is 30.3 Å². The van der Waals surface area contributed by atoms with Crippen molar-refractivity contribution in [3.8, 4) is 0 Å². The third kappa shape index (κ3) is 50.2. The van der Waals surface area contributed by atoms with Gasteiger partial charge >= 0.3 is 0 Å². The average molecular weight is 1670 g/mol. The molecule has 4 radical (unpaired) electrons. The monoisotopic (exact) mass is 1670 g/mol. The number of hydrogen-bond donors (Lipinski definition) is 6. The van der Waals surface area contributed by atoms with Gasteiger partial charge in [-0.05, 0) is 78.0 Å². The van der Waals surface area contributed by atoms with Gasteiger partial charge in [-0.1, -0.05) is 78.4 Å². The van der Waals surface area contributed by atoms with Crippen molar-refractivity contribution in [2.45, 2.75) is 101 Å². The largest absolute Gasteiger partial charge is 0.656 e. The summed E-state index contributed by atoms with van der Waals surface area (Å²) in [5, 5.41) is 54.4. The van der Waals surface area contributed by atoms with E-state index in [0.29, 0.717) is 6.42 Å². The number of nitrogens with one attached hydrogen (secondary N) is 5. The number of amides is 8. The van der Waals surface area contributed by atoms with Crippen LogP contribution in [0.5, 0.6) is 0 Å². The number of sulfonamides is 2. The van der Waals surface area contributed by atoms with Crippen molar-refractivity contribution in [1.29, 1.82) is 0 Å². The van der Waals surface area contributed by atoms with Gasteiger partial charge in [0.2, 0.25) is 20.0 Å². The molecule has 42 heteroatoms. The molecule has 0 heterocycles. The zero-order valence-electron chi connectivity index (χ0n) is 51.8. The van der Waals surface area contributed by atoms with E-state index < -0.39 is 99.5 Å². The maximum atomic E-state index is 12.5. The Morgan fingerprint density at radius 3 is 1.07 bits per heavy atom. The molecule has 3 aromatic carbocycles. The topological polar surface area (TPSA) is 514 Å². The van der Waals surface area contributed by atoms with Crippen LogP contribution < -0.4 is 31.7 Å². The predicted molar refractivity (Wildman–Crippen MR) is 326 cm³/mol. The summed E-state index contributed by atoms with van der Waals surface area (Å²) in [5.41, 5.74) is 3.69. The number of nitrogens with zero attached hydrogens (tertiary/aromatic N) is 8. The molecule has 0 bridgehead atoms. The van der Waals surface area contributed by atoms with Gasteiger partial charge in [-0.25, -0.2) is 30.0 Å². The maximum Gasteiger partial charge on any atom is 0.289 e. The summed E-state index contributed by atoms with van der Waals surface area (Å²) in [7, 11) is 5.34. The zero-order valence-corrected chi connectivity index (χ0v) is 66.4. The van der Waals surface area contributed by atoms with Crippen LogP contribution in [-0.2, 0) is 198 Å². The first-order valence-corrected chi connectivity index (χ1v) is 29.5. The first kappa shape index (κ1) is 111. The van der Waals surface area contributed by atoms with Gasteiger partial charge in [-0.2, -0.15) is 29.9 Å². The van der Waals surface area contributed by atoms with Crippen LogP contribution in [0.15, 0.2) is 87.5 Å². The molecule has 0 aromatic heterocycles. The molecule has 0 unspecified atom stereocenters. The van der Waals surface area contributed by atoms with Crippen LogP contribution in [0.1, 0.15) is 67.7 Å². The van der Waals surface area contributed by atoms with Crippen LogP contribution in [0.4, 0.5) is 17.1 Å². The van der Waals surface area contributed by atoms with Crippen LogP contribution in [0.3, 0.4) is 0 Å². The summed E-state index contributed by atoms with van der Waals surface area (Å²) >= 11 is 0. The number of hydrogen-bond acceptors (Lipinski definition) is 21. The summed E-state index contributed by atoms with van der Waals surface area (Å²) < 4.78 is 73.9. The summed E-state index contributed by atoms with van der Waals surface area (Å²) in [6, 6.07) is 12.4. The number of carbonyl (C=O) groups is 4. The molecular formula is C49H77ClN14O20S3Y4-8. The fraction of sp³-hybridized carbons (Fsp3) is 0.469. The van der Waals surface area contributed by atoms with Gasteiger partial charge in [0.05, 0.1) is 50.5 Å². The second-order valence-corrected chi connectivity index (χ2v) is 21.3. The van der Waals surface area contributed by atoms with Crippen molar-refractivity contribution in [3.63, 3.8) is 0 Å². The second-order valence-electron chi connectivity index (χ2n) is 15.1. The SMILES string of the molecule is C.CC[C@@H](C)C(=O)[N-]C.CC[C@@H](N)C(=O)[N-]C.CC[C@@H](NS(=O)(=O)c1ccccc1[N+](=O)[O-])C(=O)[N-]C.CC[C@H](C(=O)[N-]C)N(C)S(=O)(=O)c1ccccc1[N+](=O)[O-].CN[C-]=O.CN[C-]=O.CN[C-]=O.CN[C-]=O.O=[N+]([O-])c1ccccc1S(=O)(=O)Cl.[Y].[Y].[Y].[Y]. The second kappa shape index (κ2) is 66.1. The number of benzene rings is 3. The van der Waals surface area contributed by atoms with Crippen molar-refractivity contribution in [2.75, 3.05) is 63.4 Å². The standard InChI is InChI=1S/C12H17N3O5S.C11H15N3O5S.C6H4ClNO4S.C6H13NO.C5H12N2O.4C2H4NO.CH4.4Y/c1-4-9(12(16)13-2)14(3)21(19,20)11-8-6-5-7-10(11)15(17)18;1-3-8(11(15)12-2)13-20(18,19)10-7-5-4-6-9(10)14(16)17;7-13(11,12)6-4-2-1-3-5(6)8(9)10;1-4-5(2)6(8)7-3;1-3-4(6)5(8)7-2;4*1-3-2-4;;;;;/h5-9H,4H2,1-3H3,(H,13,16);4-8,13H,3H2,1-2H3,(H,12,15);1-4H;5H,4H2,1-3H3,(H,7,8);4H,3,6H2,1-2H3,(H,7,8);4*1H3,(H,3,4);1H4;;;;/q;;;;;4*-1;;;;;/p-4/t9-;8-;;5-;4-;;;;;;;;;/m11.11........./s1. The number of likely N-dealkylation sites (N-methyl/N-ethyl adjacent to an activating group) is 4. The average Bonchev–Trinajstić information content (AvgIpc) is 0.868. The van der Waals surface area contributed by atoms with E-state index in [1.54, 1.807) is 13.8 Å². The summed E-state index contributed by atoms with van der Waals surface area (Å²) in [6.07, 6.45) is 7.68. The minimum atomic E-state index is -4.17. The third-order valence-electron chi connectivity index (χ3n) is 9.59. The normalized spacial score (nSPS) is 10.6. The Bertz CT molecular complexity index is 2870. The van der Waals surface area contributed by atoms with Gasteiger partial charge in [0.1, 0.15) is 0 Å². The third-order valence-corrected chi connectivity index (χ3v) is 14.4. The number of para-hydroxylation sites is 3. The Labute approximate surface area is 638 Å². The first-order valence-electron chi connectivity index (χ1n) is 24.2. The molecule has 91 heavy (non-hydrogen) atoms. The molecule has 0 aliphatic heterocycles. The van der Waals surface area contributed by atoms with Gasteiger partial charge < -0.3 is 86.6 Å². The van der Waals surface area contributed by atoms with Gasteiger partial charge in [0, 0.05) is 173 Å². The van der Waals surface area contributed by atoms with Crippen molar-refractivity contribution in [1.82, 2.24) is 30.3 Å². The quantitative estimate of drug-likeness (QED) is 0.0274. The number of nitro groups is 3. The van der Waals surface area contributed by atoms with Gasteiger partial charge in [0.15, 0.2) is 14.7 Å². The van der Waals surface area contributed by atoms with E-state index in [-0.39, 0.29) is 175 Å². The smallest absolute Gasteiger partial charge is 0.289 e. The van der Waals surface area contributed by atoms with Gasteiger partial charge in [-0.15, -0.1) is 28.2 Å². The molecular weight excluding hydrogens is 1590 g/mol. The number of nitrogens with two attached hydrogens (primary N) is 1. The van der Waals surface area contributed by atoms with E-state index in [4.69, 9.17) is 35.6 Å². The minimum Gasteiger partial charge on any atom is -0.656 e. The van der Waals surface area contributed by atoms with Crippen LogP contribution in [0.25, 0.3) is 21.3 Å². The molecule has 7 N–H and O–H groups in total. The molecule has 0 saturated carbocycles. The number of halogens is 1. The zero-order chi connectivity index (χ0) is 68.4. The predicted octanol–water partition coefficient (Wildman–Crippen LogP) is 3.76. The Hall–Kier alpha value is -3.94. The maximum absolute atomic E-state index is 12.5. The fourth-order valence-corrected chi connectivity index (χ4v) is 9.00. The fourth-order valence-electron chi connectivity index (χ4n) is 4.98. The Kier molecular flexibility index (Phi) is 80.9. The molecule has 8 amide bonds. The number of nitro benzene ring substituents is 3. The van der Waals surface area contributed by atoms with Gasteiger partial charge in [0.25, 0.3) is 26.1 Å². The molecule has 0 saturated heterocycles. The molecule has 4 atom stereocenters. The molecule has 34 nitrogen and oxygen atoms in total. The molecule has 3 aromatic rings. The first-order chi connectivity index (χ1) is 40.1. The van der Waals surface area contributed by atoms with E-state index in [9.17, 15) is 74.8 Å². The molecule has 508 valence electrons. The van der Waals surface area contributed by atoms with Crippen molar-refractivity contribution >= 4 is 106 Å². The summed E-state index contributed by atoms with van der Waals surface area (Å²) in [5.74, 6) is -1.32. The molecule has 0 fully saturated rings. The van der Waals surface area contributed by atoms with E-state index in [0.717, 1.165) is 47.1 Å². The minimum absolute atomic E-state index is 0. The molecule has 0 aliphatic carbocycles. The number of carbonyl (C=O) groups excluding carboxylic acids is 8. The van der Waals surface area contributed by atoms with E-state index >= 15 is 0 Å². The molecule has 0 aliphatic rings. The van der Waals surface area contributed by atoms with Crippen LogP contribution in [0.2, 0.25) is 0 Å². The Balaban J connectivity index is -0.0000000938. The van der Waals surface area contributed by atoms with Crippen molar-refractivity contribution in [2.24, 2.45) is 11.7 Å². The van der Waals surface area contributed by atoms with Crippen LogP contribution >= 0.6 is 10.7 Å². The Morgan fingerprint density at radius 1 is 0.538 bits per heavy atom. The number of rotatable bonds is 22. The van der Waals surface area contributed by atoms with Crippen LogP contribution in [0, 0.1) is 36.3 Å². The van der Waals surface area contributed by atoms with Crippen molar-refractivity contribution < 1.29 is 209 Å². The van der Waals surface area contributed by atoms with E-state index in [1.165, 1.54) is 125 Å². The summed E-state index contributed by atoms with van der Waals surface area (Å²) in [6.45, 7) is 8.96. The molecule has 0 spiro atoms. The van der Waals surface area contributed by atoms with Crippen LogP contribution in [-0.4, -0.2) is 175 Å². The molecule has 3 rings (SSSR count). The Morgan fingerprint density at radius 2 is 0.835 bits per heavy atom. The van der Waals surface area contributed by atoms with Crippen molar-refractivity contribution in [3.05, 3.63) is 124 Å².